The number of rotatable bonds is 4. The van der Waals surface area contributed by atoms with Crippen LogP contribution in [0.15, 0.2) is 40.9 Å². The number of methoxy groups -OCH3 is 1. The van der Waals surface area contributed by atoms with Gasteiger partial charge in [0.2, 0.25) is 0 Å². The van der Waals surface area contributed by atoms with E-state index in [9.17, 15) is 5.11 Å². The summed E-state index contributed by atoms with van der Waals surface area (Å²) in [6.45, 7) is 0.389. The number of aromatic hydroxyl groups is 1. The number of hydrogen-bond donors (Lipinski definition) is 2. The maximum absolute atomic E-state index is 9.95. The van der Waals surface area contributed by atoms with Gasteiger partial charge < -0.3 is 15.2 Å². The zero-order chi connectivity index (χ0) is 14.5. The Morgan fingerprint density at radius 1 is 1.30 bits per heavy atom. The van der Waals surface area contributed by atoms with Crippen molar-refractivity contribution in [2.45, 2.75) is 6.54 Å². The van der Waals surface area contributed by atoms with E-state index < -0.39 is 0 Å². The van der Waals surface area contributed by atoms with Crippen LogP contribution >= 0.6 is 15.9 Å². The Morgan fingerprint density at radius 3 is 2.75 bits per heavy atom. The summed E-state index contributed by atoms with van der Waals surface area (Å²) >= 11 is 3.27. The van der Waals surface area contributed by atoms with Crippen LogP contribution in [0.25, 0.3) is 0 Å². The smallest absolute Gasteiger partial charge is 0.143 e. The molecule has 0 radical (unpaired) electrons. The van der Waals surface area contributed by atoms with Gasteiger partial charge >= 0.3 is 0 Å². The van der Waals surface area contributed by atoms with E-state index in [-0.39, 0.29) is 5.75 Å². The molecular weight excluding hydrogens is 320 g/mol. The number of para-hydroxylation sites is 2. The number of phenols is 1. The van der Waals surface area contributed by atoms with Crippen LogP contribution in [-0.2, 0) is 6.54 Å². The van der Waals surface area contributed by atoms with E-state index in [1.54, 1.807) is 31.4 Å². The third-order valence-corrected chi connectivity index (χ3v) is 3.53. The molecular formula is C15H13BrN2O2. The van der Waals surface area contributed by atoms with E-state index in [0.29, 0.717) is 28.0 Å². The van der Waals surface area contributed by atoms with Crippen LogP contribution in [0.4, 0.5) is 5.69 Å². The fourth-order valence-electron chi connectivity index (χ4n) is 1.86. The van der Waals surface area contributed by atoms with Gasteiger partial charge in [-0.15, -0.1) is 0 Å². The minimum Gasteiger partial charge on any atom is -0.506 e. The molecule has 0 saturated heterocycles. The van der Waals surface area contributed by atoms with E-state index in [1.165, 1.54) is 0 Å². The maximum atomic E-state index is 9.95. The van der Waals surface area contributed by atoms with E-state index in [4.69, 9.17) is 10.00 Å². The van der Waals surface area contributed by atoms with Gasteiger partial charge in [0, 0.05) is 12.1 Å². The van der Waals surface area contributed by atoms with Gasteiger partial charge in [-0.25, -0.2) is 0 Å². The Kier molecular flexibility index (Phi) is 4.49. The van der Waals surface area contributed by atoms with Gasteiger partial charge in [0.15, 0.2) is 0 Å². The quantitative estimate of drug-likeness (QED) is 0.896. The third-order valence-electron chi connectivity index (χ3n) is 2.89. The van der Waals surface area contributed by atoms with Crippen LogP contribution in [0.5, 0.6) is 11.5 Å². The number of anilines is 1. The largest absolute Gasteiger partial charge is 0.506 e. The summed E-state index contributed by atoms with van der Waals surface area (Å²) in [4.78, 5) is 0. The van der Waals surface area contributed by atoms with Crippen LogP contribution in [0.2, 0.25) is 0 Å². The molecule has 5 heteroatoms. The number of hydrogen-bond acceptors (Lipinski definition) is 4. The van der Waals surface area contributed by atoms with E-state index in [1.807, 2.05) is 12.1 Å². The van der Waals surface area contributed by atoms with E-state index >= 15 is 0 Å². The molecule has 20 heavy (non-hydrogen) atoms. The molecule has 0 aliphatic heterocycles. The van der Waals surface area contributed by atoms with Crippen LogP contribution in [0.1, 0.15) is 11.1 Å². The Balaban J connectivity index is 2.27. The summed E-state index contributed by atoms with van der Waals surface area (Å²) in [6, 6.07) is 12.8. The van der Waals surface area contributed by atoms with Crippen molar-refractivity contribution in [2.24, 2.45) is 0 Å². The zero-order valence-electron chi connectivity index (χ0n) is 10.9. The average molecular weight is 333 g/mol. The Morgan fingerprint density at radius 2 is 2.05 bits per heavy atom. The minimum atomic E-state index is 0.188. The first-order valence-corrected chi connectivity index (χ1v) is 6.74. The van der Waals surface area contributed by atoms with Gasteiger partial charge in [0.05, 0.1) is 22.8 Å². The van der Waals surface area contributed by atoms with Crippen LogP contribution in [-0.4, -0.2) is 12.2 Å². The number of phenolic OH excluding ortho intramolecular Hbond substituents is 1. The molecule has 2 aromatic rings. The summed E-state index contributed by atoms with van der Waals surface area (Å²) in [5, 5.41) is 22.2. The van der Waals surface area contributed by atoms with Gasteiger partial charge in [0.25, 0.3) is 0 Å². The molecule has 0 fully saturated rings. The van der Waals surface area contributed by atoms with Crippen molar-refractivity contribution in [3.8, 4) is 17.6 Å². The summed E-state index contributed by atoms with van der Waals surface area (Å²) in [5.41, 5.74) is 1.85. The number of nitriles is 1. The predicted octanol–water partition coefficient (Wildman–Crippen LogP) is 3.65. The molecule has 0 aliphatic carbocycles. The van der Waals surface area contributed by atoms with Gasteiger partial charge in [-0.3, -0.25) is 0 Å². The van der Waals surface area contributed by atoms with Crippen molar-refractivity contribution >= 4 is 21.6 Å². The minimum absolute atomic E-state index is 0.188. The van der Waals surface area contributed by atoms with Gasteiger partial charge in [-0.2, -0.15) is 5.26 Å². The highest BCUT2D eigenvalue weighted by molar-refractivity contribution is 9.10. The Labute approximate surface area is 125 Å². The van der Waals surface area contributed by atoms with Gasteiger partial charge in [-0.05, 0) is 34.1 Å². The molecule has 0 bridgehead atoms. The van der Waals surface area contributed by atoms with Crippen molar-refractivity contribution in [2.75, 3.05) is 12.4 Å². The number of halogens is 1. The van der Waals surface area contributed by atoms with Crippen molar-refractivity contribution < 1.29 is 9.84 Å². The lowest BCUT2D eigenvalue weighted by atomic mass is 10.1. The monoisotopic (exact) mass is 332 g/mol. The first kappa shape index (κ1) is 14.2. The lowest BCUT2D eigenvalue weighted by Crippen LogP contribution is -2.03. The summed E-state index contributed by atoms with van der Waals surface area (Å²) in [6.07, 6.45) is 0. The second-order valence-electron chi connectivity index (χ2n) is 4.10. The molecule has 0 heterocycles. The fourth-order valence-corrected chi connectivity index (χ4v) is 2.27. The molecule has 0 atom stereocenters. The topological polar surface area (TPSA) is 65.3 Å². The summed E-state index contributed by atoms with van der Waals surface area (Å²) < 4.78 is 5.88. The van der Waals surface area contributed by atoms with Crippen molar-refractivity contribution in [1.29, 1.82) is 5.26 Å². The second-order valence-corrected chi connectivity index (χ2v) is 4.95. The fraction of sp³-hybridized carbons (Fsp3) is 0.133. The molecule has 2 rings (SSSR count). The van der Waals surface area contributed by atoms with Crippen molar-refractivity contribution in [3.05, 3.63) is 52.0 Å². The number of nitrogens with zero attached hydrogens (tertiary/aromatic N) is 1. The molecule has 0 saturated carbocycles. The molecule has 2 N–H and O–H groups in total. The molecule has 0 unspecified atom stereocenters. The SMILES string of the molecule is COc1cccc(C#N)c1NCc1cccc(Br)c1O. The Hall–Kier alpha value is -2.19. The highest BCUT2D eigenvalue weighted by Crippen LogP contribution is 2.31. The molecule has 4 nitrogen and oxygen atoms in total. The molecule has 0 aliphatic rings. The number of ether oxygens (including phenoxy) is 1. The molecule has 0 amide bonds. The average Bonchev–Trinajstić information content (AvgIpc) is 2.48. The second kappa shape index (κ2) is 6.31. The lowest BCUT2D eigenvalue weighted by molar-refractivity contribution is 0.416. The Bertz CT molecular complexity index is 665. The zero-order valence-corrected chi connectivity index (χ0v) is 12.4. The summed E-state index contributed by atoms with van der Waals surface area (Å²) in [7, 11) is 1.55. The first-order valence-electron chi connectivity index (χ1n) is 5.94. The van der Waals surface area contributed by atoms with Crippen LogP contribution in [0.3, 0.4) is 0 Å². The molecule has 0 spiro atoms. The van der Waals surface area contributed by atoms with E-state index in [2.05, 4.69) is 27.3 Å². The highest BCUT2D eigenvalue weighted by atomic mass is 79.9. The number of nitrogens with one attached hydrogen (secondary N) is 1. The van der Waals surface area contributed by atoms with Crippen molar-refractivity contribution in [3.63, 3.8) is 0 Å². The number of benzene rings is 2. The summed E-state index contributed by atoms with van der Waals surface area (Å²) in [5.74, 6) is 0.784. The third kappa shape index (κ3) is 2.86. The van der Waals surface area contributed by atoms with Gasteiger partial charge in [-0.1, -0.05) is 18.2 Å². The lowest BCUT2D eigenvalue weighted by Gasteiger charge is -2.13. The standard InChI is InChI=1S/C15H13BrN2O2/c1-20-13-7-3-4-10(8-17)14(13)18-9-11-5-2-6-12(16)15(11)19/h2-7,18-19H,9H2,1H3. The van der Waals surface area contributed by atoms with Crippen molar-refractivity contribution in [1.82, 2.24) is 0 Å². The molecule has 102 valence electrons. The maximum Gasteiger partial charge on any atom is 0.143 e. The highest BCUT2D eigenvalue weighted by Gasteiger charge is 2.10. The van der Waals surface area contributed by atoms with Gasteiger partial charge in [0.1, 0.15) is 17.6 Å². The molecule has 2 aromatic carbocycles. The predicted molar refractivity (Wildman–Crippen MR) is 80.8 cm³/mol. The normalized spacial score (nSPS) is 9.85. The van der Waals surface area contributed by atoms with E-state index in [0.717, 1.165) is 5.56 Å². The first-order chi connectivity index (χ1) is 9.67. The van der Waals surface area contributed by atoms with Crippen LogP contribution < -0.4 is 10.1 Å². The molecule has 0 aromatic heterocycles. The van der Waals surface area contributed by atoms with Crippen LogP contribution in [0, 0.1) is 11.3 Å².